The fourth-order valence-corrected chi connectivity index (χ4v) is 5.13. The molecule has 0 fully saturated rings. The number of carbonyl (C=O) groups is 1. The van der Waals surface area contributed by atoms with Crippen molar-refractivity contribution in [1.82, 2.24) is 10.2 Å². The monoisotopic (exact) mass is 468 g/mol. The van der Waals surface area contributed by atoms with Crippen LogP contribution in [-0.4, -0.2) is 37.3 Å². The van der Waals surface area contributed by atoms with Crippen molar-refractivity contribution in [3.05, 3.63) is 59.1 Å². The van der Waals surface area contributed by atoms with Crippen molar-refractivity contribution in [1.29, 1.82) is 0 Å². The van der Waals surface area contributed by atoms with Crippen molar-refractivity contribution in [2.75, 3.05) is 22.4 Å². The SMILES string of the molecule is CSc1nnc(NC(=O)CN(c2ccc(C)cc2)S(=O)(=O)c2ccc(Cl)cc2)s1. The molecule has 29 heavy (non-hydrogen) atoms. The van der Waals surface area contributed by atoms with Gasteiger partial charge in [-0.15, -0.1) is 10.2 Å². The van der Waals surface area contributed by atoms with Gasteiger partial charge in [0.1, 0.15) is 6.54 Å². The minimum atomic E-state index is -3.99. The van der Waals surface area contributed by atoms with Crippen molar-refractivity contribution in [2.24, 2.45) is 0 Å². The first kappa shape index (κ1) is 21.6. The topological polar surface area (TPSA) is 92.3 Å². The van der Waals surface area contributed by atoms with Gasteiger partial charge < -0.3 is 0 Å². The molecule has 0 aliphatic rings. The highest BCUT2D eigenvalue weighted by Gasteiger charge is 2.27. The van der Waals surface area contributed by atoms with Gasteiger partial charge in [-0.1, -0.05) is 52.4 Å². The molecule has 1 aromatic heterocycles. The minimum Gasteiger partial charge on any atom is -0.299 e. The smallest absolute Gasteiger partial charge is 0.264 e. The highest BCUT2D eigenvalue weighted by atomic mass is 35.5. The summed E-state index contributed by atoms with van der Waals surface area (Å²) in [6, 6.07) is 12.7. The van der Waals surface area contributed by atoms with E-state index in [9.17, 15) is 13.2 Å². The van der Waals surface area contributed by atoms with Crippen LogP contribution in [0.5, 0.6) is 0 Å². The maximum absolute atomic E-state index is 13.2. The van der Waals surface area contributed by atoms with Crippen molar-refractivity contribution in [2.45, 2.75) is 16.2 Å². The van der Waals surface area contributed by atoms with Gasteiger partial charge in [0, 0.05) is 5.02 Å². The molecule has 11 heteroatoms. The molecule has 2 aromatic carbocycles. The molecule has 0 saturated heterocycles. The Morgan fingerprint density at radius 3 is 2.38 bits per heavy atom. The van der Waals surface area contributed by atoms with Crippen LogP contribution in [-0.2, 0) is 14.8 Å². The highest BCUT2D eigenvalue weighted by molar-refractivity contribution is 8.00. The normalized spacial score (nSPS) is 11.3. The number of hydrogen-bond donors (Lipinski definition) is 1. The van der Waals surface area contributed by atoms with Crippen molar-refractivity contribution in [3.8, 4) is 0 Å². The lowest BCUT2D eigenvalue weighted by atomic mass is 10.2. The molecule has 0 spiro atoms. The van der Waals surface area contributed by atoms with E-state index in [4.69, 9.17) is 11.6 Å². The summed E-state index contributed by atoms with van der Waals surface area (Å²) in [5.74, 6) is -0.521. The second-order valence-corrected chi connectivity index (χ2v) is 10.3. The van der Waals surface area contributed by atoms with Gasteiger partial charge in [-0.25, -0.2) is 8.42 Å². The fourth-order valence-electron chi connectivity index (χ4n) is 2.39. The van der Waals surface area contributed by atoms with Crippen LogP contribution in [0.2, 0.25) is 5.02 Å². The zero-order valence-corrected chi connectivity index (χ0v) is 18.7. The first-order valence-electron chi connectivity index (χ1n) is 8.32. The number of anilines is 2. The second-order valence-electron chi connectivity index (χ2n) is 5.93. The van der Waals surface area contributed by atoms with Crippen molar-refractivity contribution in [3.63, 3.8) is 0 Å². The van der Waals surface area contributed by atoms with E-state index in [1.54, 1.807) is 24.3 Å². The number of thioether (sulfide) groups is 1. The Hall–Kier alpha value is -2.14. The van der Waals surface area contributed by atoms with Gasteiger partial charge in [0.25, 0.3) is 10.0 Å². The Bertz CT molecular complexity index is 1100. The highest BCUT2D eigenvalue weighted by Crippen LogP contribution is 2.26. The lowest BCUT2D eigenvalue weighted by Gasteiger charge is -2.24. The third kappa shape index (κ3) is 5.27. The Balaban J connectivity index is 1.91. The molecular formula is C18H17ClN4O3S3. The zero-order chi connectivity index (χ0) is 21.0. The first-order valence-corrected chi connectivity index (χ1v) is 12.2. The number of rotatable bonds is 7. The Labute approximate surface area is 182 Å². The number of amides is 1. The third-order valence-corrected chi connectivity index (χ3v) is 7.69. The van der Waals surface area contributed by atoms with Crippen LogP contribution in [0.25, 0.3) is 0 Å². The number of nitrogens with one attached hydrogen (secondary N) is 1. The van der Waals surface area contributed by atoms with Gasteiger partial charge in [-0.3, -0.25) is 14.4 Å². The van der Waals surface area contributed by atoms with Gasteiger partial charge in [-0.05, 0) is 49.6 Å². The van der Waals surface area contributed by atoms with Crippen LogP contribution >= 0.6 is 34.7 Å². The van der Waals surface area contributed by atoms with Crippen LogP contribution < -0.4 is 9.62 Å². The summed E-state index contributed by atoms with van der Waals surface area (Å²) in [6.45, 7) is 1.48. The van der Waals surface area contributed by atoms with Gasteiger partial charge >= 0.3 is 0 Å². The van der Waals surface area contributed by atoms with E-state index in [1.807, 2.05) is 13.2 Å². The van der Waals surface area contributed by atoms with Crippen LogP contribution in [0.1, 0.15) is 5.56 Å². The number of hydrogen-bond acceptors (Lipinski definition) is 7. The molecule has 3 aromatic rings. The molecule has 1 amide bonds. The number of carbonyl (C=O) groups excluding carboxylic acids is 1. The predicted octanol–water partition coefficient (Wildman–Crippen LogP) is 4.06. The Morgan fingerprint density at radius 1 is 1.14 bits per heavy atom. The van der Waals surface area contributed by atoms with E-state index >= 15 is 0 Å². The molecule has 1 heterocycles. The quantitative estimate of drug-likeness (QED) is 0.415. The molecule has 0 radical (unpaired) electrons. The lowest BCUT2D eigenvalue weighted by molar-refractivity contribution is -0.114. The summed E-state index contributed by atoms with van der Waals surface area (Å²) in [5, 5.41) is 11.1. The van der Waals surface area contributed by atoms with E-state index < -0.39 is 22.5 Å². The largest absolute Gasteiger partial charge is 0.299 e. The van der Waals surface area contributed by atoms with Gasteiger partial charge in [0.2, 0.25) is 11.0 Å². The van der Waals surface area contributed by atoms with E-state index in [1.165, 1.54) is 47.4 Å². The standard InChI is InChI=1S/C18H17ClN4O3S3/c1-12-3-7-14(8-4-12)23(29(25,26)15-9-5-13(19)6-10-15)11-16(24)20-17-21-22-18(27-2)28-17/h3-10H,11H2,1-2H3,(H,20,21,24). The maximum atomic E-state index is 13.2. The van der Waals surface area contributed by atoms with Crippen molar-refractivity contribution >= 4 is 61.4 Å². The summed E-state index contributed by atoms with van der Waals surface area (Å²) < 4.78 is 28.2. The molecule has 1 N–H and O–H groups in total. The van der Waals surface area contributed by atoms with Crippen LogP contribution in [0.4, 0.5) is 10.8 Å². The van der Waals surface area contributed by atoms with E-state index in [2.05, 4.69) is 15.5 Å². The molecule has 0 aliphatic heterocycles. The van der Waals surface area contributed by atoms with E-state index in [-0.39, 0.29) is 4.90 Å². The number of aryl methyl sites for hydroxylation is 1. The number of aromatic nitrogens is 2. The number of nitrogens with zero attached hydrogens (tertiary/aromatic N) is 3. The molecule has 3 rings (SSSR count). The van der Waals surface area contributed by atoms with Crippen LogP contribution in [0.15, 0.2) is 57.8 Å². The van der Waals surface area contributed by atoms with Gasteiger partial charge in [0.05, 0.1) is 10.6 Å². The molecule has 0 aliphatic carbocycles. The van der Waals surface area contributed by atoms with Gasteiger partial charge in [0.15, 0.2) is 4.34 Å². The number of halogens is 1. The van der Waals surface area contributed by atoms with E-state index in [0.29, 0.717) is 20.2 Å². The average Bonchev–Trinajstić information content (AvgIpc) is 3.14. The van der Waals surface area contributed by atoms with E-state index in [0.717, 1.165) is 9.87 Å². The summed E-state index contributed by atoms with van der Waals surface area (Å²) in [4.78, 5) is 12.6. The number of sulfonamides is 1. The summed E-state index contributed by atoms with van der Waals surface area (Å²) in [6.07, 6.45) is 1.85. The molecule has 0 bridgehead atoms. The molecule has 7 nitrogen and oxygen atoms in total. The first-order chi connectivity index (χ1) is 13.8. The maximum Gasteiger partial charge on any atom is 0.264 e. The van der Waals surface area contributed by atoms with Crippen LogP contribution in [0, 0.1) is 6.92 Å². The van der Waals surface area contributed by atoms with Crippen LogP contribution in [0.3, 0.4) is 0 Å². The Morgan fingerprint density at radius 2 is 1.79 bits per heavy atom. The molecule has 0 unspecified atom stereocenters. The summed E-state index contributed by atoms with van der Waals surface area (Å²) >= 11 is 8.50. The van der Waals surface area contributed by atoms with Gasteiger partial charge in [-0.2, -0.15) is 0 Å². The second kappa shape index (κ2) is 9.12. The molecule has 152 valence electrons. The average molecular weight is 469 g/mol. The number of benzene rings is 2. The summed E-state index contributed by atoms with van der Waals surface area (Å²) in [7, 11) is -3.99. The van der Waals surface area contributed by atoms with Crippen molar-refractivity contribution < 1.29 is 13.2 Å². The molecule has 0 saturated carbocycles. The lowest BCUT2D eigenvalue weighted by Crippen LogP contribution is -2.38. The third-order valence-electron chi connectivity index (χ3n) is 3.84. The minimum absolute atomic E-state index is 0.0378. The zero-order valence-electron chi connectivity index (χ0n) is 15.5. The summed E-state index contributed by atoms with van der Waals surface area (Å²) in [5.41, 5.74) is 1.35. The molecular weight excluding hydrogens is 452 g/mol. The fraction of sp³-hybridized carbons (Fsp3) is 0.167. The predicted molar refractivity (Wildman–Crippen MR) is 117 cm³/mol. The Kier molecular flexibility index (Phi) is 6.78. The molecule has 0 atom stereocenters.